The van der Waals surface area contributed by atoms with Crippen molar-refractivity contribution in [1.29, 1.82) is 0 Å². The Bertz CT molecular complexity index is 235. The standard InChI is InChI=1S/C11H26O3Si2/c1-11(14-10(12)13,8-15(2,3)4)9-16(5,6)7/h8-9H2,1-7H3,(H,12,13). The van der Waals surface area contributed by atoms with Crippen LogP contribution >= 0.6 is 0 Å². The SMILES string of the molecule is CC(C[Si](C)(C)C)(C[Si](C)(C)C)OC(=O)O. The van der Waals surface area contributed by atoms with Crippen LogP contribution in [0.2, 0.25) is 51.4 Å². The first-order valence-electron chi connectivity index (χ1n) is 5.75. The van der Waals surface area contributed by atoms with E-state index in [1.54, 1.807) is 0 Å². The van der Waals surface area contributed by atoms with Gasteiger partial charge in [0.25, 0.3) is 0 Å². The van der Waals surface area contributed by atoms with Gasteiger partial charge in [0, 0.05) is 16.1 Å². The number of hydrogen-bond acceptors (Lipinski definition) is 2. The number of carbonyl (C=O) groups is 1. The average molecular weight is 262 g/mol. The fourth-order valence-electron chi connectivity index (χ4n) is 2.59. The average Bonchev–Trinajstić information content (AvgIpc) is 1.69. The molecule has 0 rings (SSSR count). The van der Waals surface area contributed by atoms with Gasteiger partial charge in [-0.3, -0.25) is 0 Å². The molecule has 96 valence electrons. The van der Waals surface area contributed by atoms with Crippen molar-refractivity contribution in [1.82, 2.24) is 0 Å². The zero-order valence-electron chi connectivity index (χ0n) is 11.7. The van der Waals surface area contributed by atoms with E-state index in [4.69, 9.17) is 9.84 Å². The normalized spacial score (nSPS) is 13.7. The van der Waals surface area contributed by atoms with Crippen LogP contribution in [0.25, 0.3) is 0 Å². The fraction of sp³-hybridized carbons (Fsp3) is 0.909. The van der Waals surface area contributed by atoms with Crippen molar-refractivity contribution in [2.24, 2.45) is 0 Å². The molecule has 0 unspecified atom stereocenters. The Labute approximate surface area is 101 Å². The molecular weight excluding hydrogens is 236 g/mol. The highest BCUT2D eigenvalue weighted by atomic mass is 28.3. The largest absolute Gasteiger partial charge is 0.506 e. The van der Waals surface area contributed by atoms with Gasteiger partial charge in [0.2, 0.25) is 0 Å². The smallest absolute Gasteiger partial charge is 0.450 e. The van der Waals surface area contributed by atoms with Crippen LogP contribution in [0, 0.1) is 0 Å². The van der Waals surface area contributed by atoms with E-state index in [2.05, 4.69) is 39.3 Å². The Morgan fingerprint density at radius 3 is 1.56 bits per heavy atom. The molecule has 0 aromatic heterocycles. The predicted molar refractivity (Wildman–Crippen MR) is 73.8 cm³/mol. The molecule has 0 radical (unpaired) electrons. The molecule has 0 aromatic carbocycles. The maximum absolute atomic E-state index is 10.8. The van der Waals surface area contributed by atoms with Crippen LogP contribution in [0.5, 0.6) is 0 Å². The van der Waals surface area contributed by atoms with Crippen LogP contribution in [0.3, 0.4) is 0 Å². The molecule has 0 bridgehead atoms. The van der Waals surface area contributed by atoms with E-state index in [0.29, 0.717) is 0 Å². The van der Waals surface area contributed by atoms with E-state index < -0.39 is 27.9 Å². The molecular formula is C11H26O3Si2. The highest BCUT2D eigenvalue weighted by molar-refractivity contribution is 6.78. The summed E-state index contributed by atoms with van der Waals surface area (Å²) in [6.45, 7) is 15.5. The zero-order chi connectivity index (χ0) is 13.2. The Balaban J connectivity index is 4.82. The van der Waals surface area contributed by atoms with E-state index in [1.807, 2.05) is 6.92 Å². The summed E-state index contributed by atoms with van der Waals surface area (Å²) in [4.78, 5) is 10.8. The predicted octanol–water partition coefficient (Wildman–Crippen LogP) is 4.12. The highest BCUT2D eigenvalue weighted by Crippen LogP contribution is 2.32. The second-order valence-electron chi connectivity index (χ2n) is 7.29. The number of rotatable bonds is 5. The molecule has 0 amide bonds. The molecule has 0 aromatic rings. The van der Waals surface area contributed by atoms with Crippen molar-refractivity contribution in [3.8, 4) is 0 Å². The van der Waals surface area contributed by atoms with Gasteiger partial charge in [-0.05, 0) is 19.0 Å². The minimum Gasteiger partial charge on any atom is -0.450 e. The lowest BCUT2D eigenvalue weighted by Gasteiger charge is -2.37. The van der Waals surface area contributed by atoms with E-state index in [-0.39, 0.29) is 0 Å². The van der Waals surface area contributed by atoms with Crippen molar-refractivity contribution < 1.29 is 14.6 Å². The van der Waals surface area contributed by atoms with Crippen molar-refractivity contribution in [2.75, 3.05) is 0 Å². The molecule has 0 aliphatic heterocycles. The van der Waals surface area contributed by atoms with E-state index in [1.165, 1.54) is 0 Å². The van der Waals surface area contributed by atoms with Crippen LogP contribution in [-0.2, 0) is 4.74 Å². The topological polar surface area (TPSA) is 46.5 Å². The summed E-state index contributed by atoms with van der Waals surface area (Å²) < 4.78 is 5.18. The monoisotopic (exact) mass is 262 g/mol. The highest BCUT2D eigenvalue weighted by Gasteiger charge is 2.38. The van der Waals surface area contributed by atoms with Crippen molar-refractivity contribution in [2.45, 2.75) is 63.9 Å². The third-order valence-corrected chi connectivity index (χ3v) is 5.76. The van der Waals surface area contributed by atoms with E-state index >= 15 is 0 Å². The van der Waals surface area contributed by atoms with Gasteiger partial charge in [-0.15, -0.1) is 0 Å². The quantitative estimate of drug-likeness (QED) is 0.599. The number of hydrogen-bond donors (Lipinski definition) is 1. The lowest BCUT2D eigenvalue weighted by molar-refractivity contribution is 0.0136. The number of carboxylic acid groups (broad SMARTS) is 1. The first-order valence-corrected chi connectivity index (χ1v) is 13.2. The first-order chi connectivity index (χ1) is 6.83. The molecule has 0 aliphatic carbocycles. The summed E-state index contributed by atoms with van der Waals surface area (Å²) in [5, 5.41) is 8.85. The summed E-state index contributed by atoms with van der Waals surface area (Å²) >= 11 is 0. The van der Waals surface area contributed by atoms with Crippen molar-refractivity contribution in [3.63, 3.8) is 0 Å². The molecule has 0 fully saturated rings. The summed E-state index contributed by atoms with van der Waals surface area (Å²) in [5.41, 5.74) is -0.485. The van der Waals surface area contributed by atoms with E-state index in [0.717, 1.165) is 12.1 Å². The van der Waals surface area contributed by atoms with Crippen LogP contribution < -0.4 is 0 Å². The van der Waals surface area contributed by atoms with Crippen LogP contribution in [0.4, 0.5) is 4.79 Å². The van der Waals surface area contributed by atoms with Crippen LogP contribution in [-0.4, -0.2) is 33.0 Å². The number of ether oxygens (including phenoxy) is 1. The van der Waals surface area contributed by atoms with Crippen molar-refractivity contribution in [3.05, 3.63) is 0 Å². The van der Waals surface area contributed by atoms with Crippen LogP contribution in [0.15, 0.2) is 0 Å². The molecule has 0 aliphatic rings. The maximum atomic E-state index is 10.8. The lowest BCUT2D eigenvalue weighted by atomic mass is 10.2. The van der Waals surface area contributed by atoms with Crippen LogP contribution in [0.1, 0.15) is 6.92 Å². The third-order valence-electron chi connectivity index (χ3n) is 2.14. The lowest BCUT2D eigenvalue weighted by Crippen LogP contribution is -2.44. The molecule has 3 nitrogen and oxygen atoms in total. The van der Waals surface area contributed by atoms with Gasteiger partial charge in [-0.25, -0.2) is 4.79 Å². The molecule has 5 heteroatoms. The Morgan fingerprint density at radius 1 is 1.06 bits per heavy atom. The zero-order valence-corrected chi connectivity index (χ0v) is 13.7. The van der Waals surface area contributed by atoms with Gasteiger partial charge >= 0.3 is 6.16 Å². The molecule has 0 atom stereocenters. The second-order valence-corrected chi connectivity index (χ2v) is 18.2. The Morgan fingerprint density at radius 2 is 1.38 bits per heavy atom. The van der Waals surface area contributed by atoms with Gasteiger partial charge in [0.05, 0.1) is 0 Å². The van der Waals surface area contributed by atoms with Gasteiger partial charge in [-0.2, -0.15) is 0 Å². The summed E-state index contributed by atoms with van der Waals surface area (Å²) in [6.07, 6.45) is -1.14. The first kappa shape index (κ1) is 15.7. The molecule has 0 saturated carbocycles. The molecule has 0 saturated heterocycles. The fourth-order valence-corrected chi connectivity index (χ4v) is 7.72. The molecule has 1 N–H and O–H groups in total. The van der Waals surface area contributed by atoms with Gasteiger partial charge in [-0.1, -0.05) is 39.3 Å². The van der Waals surface area contributed by atoms with Crippen molar-refractivity contribution >= 4 is 22.3 Å². The minimum atomic E-state index is -1.33. The summed E-state index contributed by atoms with van der Waals surface area (Å²) in [6, 6.07) is 1.80. The molecule has 0 heterocycles. The van der Waals surface area contributed by atoms with Gasteiger partial charge in [0.15, 0.2) is 0 Å². The minimum absolute atomic E-state index is 0.485. The Kier molecular flexibility index (Phi) is 4.82. The van der Waals surface area contributed by atoms with Gasteiger partial charge in [0.1, 0.15) is 5.60 Å². The molecule has 0 spiro atoms. The summed E-state index contributed by atoms with van der Waals surface area (Å²) in [7, 11) is -2.65. The molecule has 16 heavy (non-hydrogen) atoms. The Hall–Kier alpha value is -0.296. The third kappa shape index (κ3) is 7.93. The van der Waals surface area contributed by atoms with E-state index in [9.17, 15) is 4.79 Å². The second kappa shape index (κ2) is 4.91. The van der Waals surface area contributed by atoms with Gasteiger partial charge < -0.3 is 9.84 Å². The maximum Gasteiger partial charge on any atom is 0.506 e. The summed E-state index contributed by atoms with van der Waals surface area (Å²) in [5.74, 6) is 0.